The van der Waals surface area contributed by atoms with Crippen LogP contribution >= 0.6 is 0 Å². The quantitative estimate of drug-likeness (QED) is 0.883. The van der Waals surface area contributed by atoms with Crippen LogP contribution in [0.3, 0.4) is 0 Å². The zero-order chi connectivity index (χ0) is 14.9. The number of anilines is 4. The Bertz CT molecular complexity index is 717. The van der Waals surface area contributed by atoms with Crippen molar-refractivity contribution in [3.8, 4) is 0 Å². The first-order valence-corrected chi connectivity index (χ1v) is 8.33. The molecule has 2 heterocycles. The second-order valence-corrected chi connectivity index (χ2v) is 6.52. The van der Waals surface area contributed by atoms with Gasteiger partial charge >= 0.3 is 0 Å². The third-order valence-corrected chi connectivity index (χ3v) is 3.81. The molecule has 0 unspecified atom stereocenters. The predicted octanol–water partition coefficient (Wildman–Crippen LogP) is 1.22. The third-order valence-electron chi connectivity index (χ3n) is 3.08. The van der Waals surface area contributed by atoms with Gasteiger partial charge in [0, 0.05) is 25.5 Å². The minimum absolute atomic E-state index is 0.295. The van der Waals surface area contributed by atoms with Gasteiger partial charge in [-0.05, 0) is 12.1 Å². The van der Waals surface area contributed by atoms with Crippen molar-refractivity contribution >= 4 is 33.0 Å². The molecular formula is C13H15N5O2S. The molecule has 0 bridgehead atoms. The van der Waals surface area contributed by atoms with Gasteiger partial charge in [0.05, 0.1) is 17.6 Å². The summed E-state index contributed by atoms with van der Waals surface area (Å²) in [6, 6.07) is 7.77. The lowest BCUT2D eigenvalue weighted by atomic mass is 10.2. The van der Waals surface area contributed by atoms with Crippen molar-refractivity contribution in [2.24, 2.45) is 0 Å². The maximum Gasteiger partial charge on any atom is 0.208 e. The molecule has 0 spiro atoms. The molecule has 21 heavy (non-hydrogen) atoms. The number of rotatable bonds is 4. The van der Waals surface area contributed by atoms with Crippen molar-refractivity contribution in [2.45, 2.75) is 0 Å². The monoisotopic (exact) mass is 305 g/mol. The van der Waals surface area contributed by atoms with Crippen LogP contribution in [-0.4, -0.2) is 37.7 Å². The number of hydrogen-bond acceptors (Lipinski definition) is 6. The van der Waals surface area contributed by atoms with Crippen LogP contribution in [0.25, 0.3) is 0 Å². The maximum absolute atomic E-state index is 11.2. The molecule has 110 valence electrons. The van der Waals surface area contributed by atoms with Crippen LogP contribution in [0.1, 0.15) is 0 Å². The molecule has 0 saturated heterocycles. The van der Waals surface area contributed by atoms with Crippen molar-refractivity contribution in [2.75, 3.05) is 29.6 Å². The van der Waals surface area contributed by atoms with E-state index < -0.39 is 10.0 Å². The summed E-state index contributed by atoms with van der Waals surface area (Å²) in [6.45, 7) is 0.765. The summed E-state index contributed by atoms with van der Waals surface area (Å²) in [5.74, 6) is 1.35. The molecule has 0 atom stereocenters. The molecule has 2 aromatic rings. The summed E-state index contributed by atoms with van der Waals surface area (Å²) in [5, 5.41) is 3.22. The minimum Gasteiger partial charge on any atom is -0.335 e. The first kappa shape index (κ1) is 13.8. The van der Waals surface area contributed by atoms with E-state index in [1.165, 1.54) is 0 Å². The Hall–Kier alpha value is -2.19. The fraction of sp³-hybridized carbons (Fsp3) is 0.231. The van der Waals surface area contributed by atoms with Gasteiger partial charge in [0.15, 0.2) is 11.6 Å². The van der Waals surface area contributed by atoms with Crippen molar-refractivity contribution in [1.29, 1.82) is 0 Å². The molecule has 0 aliphatic carbocycles. The Balaban J connectivity index is 1.91. The summed E-state index contributed by atoms with van der Waals surface area (Å²) in [4.78, 5) is 10.6. The molecule has 3 rings (SSSR count). The zero-order valence-corrected chi connectivity index (χ0v) is 12.3. The Morgan fingerprint density at radius 3 is 2.81 bits per heavy atom. The molecular weight excluding hydrogens is 290 g/mol. The summed E-state index contributed by atoms with van der Waals surface area (Å²) in [7, 11) is -3.21. The van der Waals surface area contributed by atoms with Crippen LogP contribution in [0, 0.1) is 0 Å². The highest BCUT2D eigenvalue weighted by atomic mass is 32.2. The molecule has 8 heteroatoms. The van der Waals surface area contributed by atoms with Gasteiger partial charge in [-0.2, -0.15) is 0 Å². The first-order valence-electron chi connectivity index (χ1n) is 6.44. The zero-order valence-electron chi connectivity index (χ0n) is 11.4. The lowest BCUT2D eigenvalue weighted by molar-refractivity contribution is 0.588. The van der Waals surface area contributed by atoms with E-state index in [2.05, 4.69) is 20.0 Å². The van der Waals surface area contributed by atoms with Gasteiger partial charge in [-0.3, -0.25) is 0 Å². The minimum atomic E-state index is -3.21. The molecule has 1 aliphatic rings. The standard InChI is InChI=1S/C13H15N5O2S/c1-21(19,20)16-8-9-18-11-5-3-2-4-10(11)17-12-13(18)15-7-6-14-12/h2-7,16H,8-9H2,1H3,(H,14,17). The summed E-state index contributed by atoms with van der Waals surface area (Å²) in [5.41, 5.74) is 1.87. The maximum atomic E-state index is 11.2. The van der Waals surface area contributed by atoms with Gasteiger partial charge in [0.1, 0.15) is 0 Å². The molecule has 7 nitrogen and oxygen atoms in total. The number of para-hydroxylation sites is 2. The van der Waals surface area contributed by atoms with Gasteiger partial charge in [-0.1, -0.05) is 12.1 Å². The molecule has 0 radical (unpaired) electrons. The van der Waals surface area contributed by atoms with Crippen molar-refractivity contribution in [1.82, 2.24) is 14.7 Å². The molecule has 1 aromatic heterocycles. The van der Waals surface area contributed by atoms with Gasteiger partial charge in [-0.15, -0.1) is 0 Å². The lowest BCUT2D eigenvalue weighted by Gasteiger charge is -2.31. The van der Waals surface area contributed by atoms with Gasteiger partial charge in [0.25, 0.3) is 0 Å². The Labute approximate surface area is 123 Å². The summed E-state index contributed by atoms with van der Waals surface area (Å²) >= 11 is 0. The first-order chi connectivity index (χ1) is 10.0. The highest BCUT2D eigenvalue weighted by molar-refractivity contribution is 7.88. The Morgan fingerprint density at radius 1 is 1.24 bits per heavy atom. The van der Waals surface area contributed by atoms with Crippen LogP contribution < -0.4 is 14.9 Å². The normalized spacial score (nSPS) is 13.3. The largest absolute Gasteiger partial charge is 0.335 e. The second-order valence-electron chi connectivity index (χ2n) is 4.69. The van der Waals surface area contributed by atoms with Crippen LogP contribution in [0.2, 0.25) is 0 Å². The molecule has 0 fully saturated rings. The SMILES string of the molecule is CS(=O)(=O)NCCN1c2ccccc2Nc2nccnc21. The molecule has 1 aliphatic heterocycles. The van der Waals surface area contributed by atoms with Crippen molar-refractivity contribution in [3.05, 3.63) is 36.7 Å². The number of nitrogens with zero attached hydrogens (tertiary/aromatic N) is 3. The second kappa shape index (κ2) is 5.30. The van der Waals surface area contributed by atoms with E-state index in [9.17, 15) is 8.42 Å². The average molecular weight is 305 g/mol. The third kappa shape index (κ3) is 2.96. The highest BCUT2D eigenvalue weighted by Gasteiger charge is 2.23. The van der Waals surface area contributed by atoms with Gasteiger partial charge in [-0.25, -0.2) is 23.1 Å². The topological polar surface area (TPSA) is 87.2 Å². The average Bonchev–Trinajstić information content (AvgIpc) is 2.45. The number of fused-ring (bicyclic) bond motifs is 2. The molecule has 0 amide bonds. The van der Waals surface area contributed by atoms with E-state index >= 15 is 0 Å². The van der Waals surface area contributed by atoms with E-state index in [0.717, 1.165) is 17.6 Å². The van der Waals surface area contributed by atoms with Crippen LogP contribution in [0.5, 0.6) is 0 Å². The molecule has 1 aromatic carbocycles. The fourth-order valence-electron chi connectivity index (χ4n) is 2.24. The Kier molecular flexibility index (Phi) is 3.48. The van der Waals surface area contributed by atoms with Crippen molar-refractivity contribution in [3.63, 3.8) is 0 Å². The van der Waals surface area contributed by atoms with E-state index in [-0.39, 0.29) is 0 Å². The number of sulfonamides is 1. The number of benzene rings is 1. The van der Waals surface area contributed by atoms with E-state index in [0.29, 0.717) is 24.7 Å². The fourth-order valence-corrected chi connectivity index (χ4v) is 2.70. The van der Waals surface area contributed by atoms with Crippen LogP contribution in [0.4, 0.5) is 23.0 Å². The number of aromatic nitrogens is 2. The smallest absolute Gasteiger partial charge is 0.208 e. The van der Waals surface area contributed by atoms with E-state index in [1.807, 2.05) is 29.2 Å². The molecule has 2 N–H and O–H groups in total. The van der Waals surface area contributed by atoms with Crippen LogP contribution in [0.15, 0.2) is 36.7 Å². The Morgan fingerprint density at radius 2 is 2.00 bits per heavy atom. The number of hydrogen-bond donors (Lipinski definition) is 2. The molecule has 0 saturated carbocycles. The van der Waals surface area contributed by atoms with Gasteiger partial charge in [0.2, 0.25) is 10.0 Å². The van der Waals surface area contributed by atoms with Crippen LogP contribution in [-0.2, 0) is 10.0 Å². The van der Waals surface area contributed by atoms with Gasteiger partial charge < -0.3 is 10.2 Å². The lowest BCUT2D eigenvalue weighted by Crippen LogP contribution is -2.34. The van der Waals surface area contributed by atoms with Crippen molar-refractivity contribution < 1.29 is 8.42 Å². The highest BCUT2D eigenvalue weighted by Crippen LogP contribution is 2.40. The summed E-state index contributed by atoms with van der Waals surface area (Å²) < 4.78 is 24.9. The van der Waals surface area contributed by atoms with E-state index in [1.54, 1.807) is 12.4 Å². The summed E-state index contributed by atoms with van der Waals surface area (Å²) in [6.07, 6.45) is 4.38. The van der Waals surface area contributed by atoms with E-state index in [4.69, 9.17) is 0 Å². The number of nitrogens with one attached hydrogen (secondary N) is 2. The predicted molar refractivity (Wildman–Crippen MR) is 81.6 cm³/mol.